The van der Waals surface area contributed by atoms with E-state index in [9.17, 15) is 18.0 Å². The Morgan fingerprint density at radius 3 is 2.60 bits per heavy atom. The molecular formula is C18H23F3N2O2. The smallest absolute Gasteiger partial charge is 0.416 e. The first-order valence-electron chi connectivity index (χ1n) is 8.66. The van der Waals surface area contributed by atoms with Crippen LogP contribution in [0.1, 0.15) is 36.8 Å². The Balaban J connectivity index is 1.46. The van der Waals surface area contributed by atoms with Crippen LogP contribution in [-0.2, 0) is 17.5 Å². The van der Waals surface area contributed by atoms with Crippen LogP contribution in [0.4, 0.5) is 13.2 Å². The molecule has 4 nitrogen and oxygen atoms in total. The molecular weight excluding hydrogens is 333 g/mol. The highest BCUT2D eigenvalue weighted by molar-refractivity contribution is 5.69. The third-order valence-electron chi connectivity index (χ3n) is 5.01. The van der Waals surface area contributed by atoms with Crippen molar-refractivity contribution in [2.24, 2.45) is 5.92 Å². The third kappa shape index (κ3) is 5.19. The third-order valence-corrected chi connectivity index (χ3v) is 5.01. The van der Waals surface area contributed by atoms with Gasteiger partial charge in [0.25, 0.3) is 0 Å². The number of carbonyl (C=O) groups is 1. The van der Waals surface area contributed by atoms with Gasteiger partial charge in [0, 0.05) is 25.2 Å². The number of halogens is 3. The van der Waals surface area contributed by atoms with E-state index < -0.39 is 17.7 Å². The predicted molar refractivity (Wildman–Crippen MR) is 87.0 cm³/mol. The molecule has 7 heteroatoms. The second-order valence-electron chi connectivity index (χ2n) is 7.17. The Morgan fingerprint density at radius 1 is 1.28 bits per heavy atom. The maximum atomic E-state index is 12.7. The summed E-state index contributed by atoms with van der Waals surface area (Å²) in [6.45, 7) is 1.31. The van der Waals surface area contributed by atoms with Crippen molar-refractivity contribution in [3.05, 3.63) is 35.4 Å². The monoisotopic (exact) mass is 356 g/mol. The summed E-state index contributed by atoms with van der Waals surface area (Å²) in [4.78, 5) is 13.1. The maximum Gasteiger partial charge on any atom is 0.416 e. The van der Waals surface area contributed by atoms with Crippen molar-refractivity contribution in [3.63, 3.8) is 0 Å². The van der Waals surface area contributed by atoms with E-state index in [-0.39, 0.29) is 18.6 Å². The summed E-state index contributed by atoms with van der Waals surface area (Å²) in [6, 6.07) is 5.85. The molecule has 1 aromatic carbocycles. The number of hydrogen-bond acceptors (Lipinski definition) is 3. The molecule has 0 amide bonds. The molecule has 2 N–H and O–H groups in total. The topological polar surface area (TPSA) is 52.6 Å². The standard InChI is InChI=1S/C18H23F3N2O2/c19-18(20,21)14-3-1-2-13(6-14)9-22-15-7-16(8-15)23(11-17(24)25)10-12-4-5-12/h1-3,6,12,15-16,22H,4-5,7-11H2,(H,24,25). The Kier molecular flexibility index (Phi) is 5.34. The van der Waals surface area contributed by atoms with Gasteiger partial charge in [0.2, 0.25) is 0 Å². The summed E-state index contributed by atoms with van der Waals surface area (Å²) < 4.78 is 38.2. The molecule has 0 aliphatic heterocycles. The molecule has 0 radical (unpaired) electrons. The van der Waals surface area contributed by atoms with Gasteiger partial charge in [-0.3, -0.25) is 9.69 Å². The molecule has 0 heterocycles. The van der Waals surface area contributed by atoms with Crippen LogP contribution < -0.4 is 5.32 Å². The minimum Gasteiger partial charge on any atom is -0.480 e. The zero-order valence-corrected chi connectivity index (χ0v) is 13.9. The second-order valence-corrected chi connectivity index (χ2v) is 7.17. The van der Waals surface area contributed by atoms with E-state index in [0.717, 1.165) is 25.5 Å². The number of rotatable bonds is 8. The first-order chi connectivity index (χ1) is 11.8. The quantitative estimate of drug-likeness (QED) is 0.751. The Hall–Kier alpha value is -1.60. The second kappa shape index (κ2) is 7.33. The van der Waals surface area contributed by atoms with Crippen molar-refractivity contribution < 1.29 is 23.1 Å². The van der Waals surface area contributed by atoms with Crippen molar-refractivity contribution in [1.29, 1.82) is 0 Å². The van der Waals surface area contributed by atoms with Gasteiger partial charge in [-0.2, -0.15) is 13.2 Å². The van der Waals surface area contributed by atoms with Gasteiger partial charge >= 0.3 is 12.1 Å². The van der Waals surface area contributed by atoms with Gasteiger partial charge in [-0.1, -0.05) is 18.2 Å². The van der Waals surface area contributed by atoms with E-state index in [0.29, 0.717) is 18.0 Å². The minimum absolute atomic E-state index is 0.0709. The zero-order valence-electron chi connectivity index (χ0n) is 13.9. The van der Waals surface area contributed by atoms with Gasteiger partial charge in [-0.15, -0.1) is 0 Å². The Morgan fingerprint density at radius 2 is 2.00 bits per heavy atom. The van der Waals surface area contributed by atoms with Crippen molar-refractivity contribution >= 4 is 5.97 Å². The number of nitrogens with one attached hydrogen (secondary N) is 1. The van der Waals surface area contributed by atoms with Gasteiger partial charge in [0.15, 0.2) is 0 Å². The van der Waals surface area contributed by atoms with Crippen molar-refractivity contribution in [2.75, 3.05) is 13.1 Å². The summed E-state index contributed by atoms with van der Waals surface area (Å²) in [5.41, 5.74) is -0.0194. The first kappa shape index (κ1) is 18.2. The lowest BCUT2D eigenvalue weighted by Crippen LogP contribution is -2.54. The molecule has 0 aromatic heterocycles. The highest BCUT2D eigenvalue weighted by Gasteiger charge is 2.37. The van der Waals surface area contributed by atoms with Gasteiger partial charge in [-0.25, -0.2) is 0 Å². The van der Waals surface area contributed by atoms with E-state index in [2.05, 4.69) is 5.32 Å². The van der Waals surface area contributed by atoms with E-state index in [1.807, 2.05) is 4.90 Å². The van der Waals surface area contributed by atoms with Gasteiger partial charge in [0.1, 0.15) is 0 Å². The normalized spacial score (nSPS) is 23.5. The molecule has 0 bridgehead atoms. The number of hydrogen-bond donors (Lipinski definition) is 2. The number of aliphatic carboxylic acids is 1. The first-order valence-corrected chi connectivity index (χ1v) is 8.66. The molecule has 2 saturated carbocycles. The lowest BCUT2D eigenvalue weighted by molar-refractivity contribution is -0.140. The SMILES string of the molecule is O=C(O)CN(CC1CC1)C1CC(NCc2cccc(C(F)(F)F)c2)C1. The predicted octanol–water partition coefficient (Wildman–Crippen LogP) is 3.12. The van der Waals surface area contributed by atoms with Crippen molar-refractivity contribution in [2.45, 2.75) is 50.5 Å². The summed E-state index contributed by atoms with van der Waals surface area (Å²) in [7, 11) is 0. The van der Waals surface area contributed by atoms with E-state index in [4.69, 9.17) is 5.11 Å². The number of carboxylic acids is 1. The largest absolute Gasteiger partial charge is 0.480 e. The summed E-state index contributed by atoms with van der Waals surface area (Å²) in [6.07, 6.45) is -0.268. The maximum absolute atomic E-state index is 12.7. The van der Waals surface area contributed by atoms with Gasteiger partial charge in [-0.05, 0) is 43.2 Å². The number of carboxylic acid groups (broad SMARTS) is 1. The molecule has 1 aromatic rings. The molecule has 25 heavy (non-hydrogen) atoms. The lowest BCUT2D eigenvalue weighted by atomic mass is 9.85. The van der Waals surface area contributed by atoms with Crippen molar-refractivity contribution in [3.8, 4) is 0 Å². The molecule has 138 valence electrons. The van der Waals surface area contributed by atoms with Crippen LogP contribution in [-0.4, -0.2) is 41.1 Å². The van der Waals surface area contributed by atoms with E-state index >= 15 is 0 Å². The van der Waals surface area contributed by atoms with Crippen LogP contribution in [0, 0.1) is 5.92 Å². The Labute approximate surface area is 145 Å². The lowest BCUT2D eigenvalue weighted by Gasteiger charge is -2.43. The zero-order chi connectivity index (χ0) is 18.0. The highest BCUT2D eigenvalue weighted by Crippen LogP contribution is 2.34. The van der Waals surface area contributed by atoms with Crippen LogP contribution in [0.2, 0.25) is 0 Å². The van der Waals surface area contributed by atoms with Crippen molar-refractivity contribution in [1.82, 2.24) is 10.2 Å². The van der Waals surface area contributed by atoms with Crippen LogP contribution in [0.3, 0.4) is 0 Å². The molecule has 3 rings (SSSR count). The summed E-state index contributed by atoms with van der Waals surface area (Å²) in [5, 5.41) is 12.3. The fraction of sp³-hybridized carbons (Fsp3) is 0.611. The van der Waals surface area contributed by atoms with E-state index in [1.165, 1.54) is 25.0 Å². The van der Waals surface area contributed by atoms with Gasteiger partial charge < -0.3 is 10.4 Å². The molecule has 2 fully saturated rings. The molecule has 0 saturated heterocycles. The van der Waals surface area contributed by atoms with Crippen LogP contribution >= 0.6 is 0 Å². The minimum atomic E-state index is -4.32. The van der Waals surface area contributed by atoms with Crippen LogP contribution in [0.25, 0.3) is 0 Å². The fourth-order valence-electron chi connectivity index (χ4n) is 3.32. The highest BCUT2D eigenvalue weighted by atomic mass is 19.4. The summed E-state index contributed by atoms with van der Waals surface area (Å²) >= 11 is 0. The molecule has 2 aliphatic rings. The number of nitrogens with zero attached hydrogens (tertiary/aromatic N) is 1. The average molecular weight is 356 g/mol. The van der Waals surface area contributed by atoms with Crippen LogP contribution in [0.5, 0.6) is 0 Å². The molecule has 0 unspecified atom stereocenters. The summed E-state index contributed by atoms with van der Waals surface area (Å²) in [5.74, 6) is -0.169. The van der Waals surface area contributed by atoms with Crippen LogP contribution in [0.15, 0.2) is 24.3 Å². The molecule has 0 atom stereocenters. The average Bonchev–Trinajstić information content (AvgIpc) is 3.28. The number of benzene rings is 1. The van der Waals surface area contributed by atoms with E-state index in [1.54, 1.807) is 6.07 Å². The number of alkyl halides is 3. The molecule has 0 spiro atoms. The van der Waals surface area contributed by atoms with Gasteiger partial charge in [0.05, 0.1) is 12.1 Å². The fourth-order valence-corrected chi connectivity index (χ4v) is 3.32. The molecule has 2 aliphatic carbocycles. The Bertz CT molecular complexity index is 611.